The average Bonchev–Trinajstić information content (AvgIpc) is 3.37. The van der Waals surface area contributed by atoms with E-state index in [1.54, 1.807) is 30.6 Å². The highest BCUT2D eigenvalue weighted by Crippen LogP contribution is 2.30. The first kappa shape index (κ1) is 17.7. The summed E-state index contributed by atoms with van der Waals surface area (Å²) >= 11 is 2.99. The molecule has 0 aliphatic carbocycles. The van der Waals surface area contributed by atoms with Gasteiger partial charge < -0.3 is 9.15 Å². The maximum Gasteiger partial charge on any atom is 0.277 e. The number of nitrogens with zero attached hydrogens (tertiary/aromatic N) is 3. The molecule has 4 rings (SSSR count). The molecule has 136 valence electrons. The quantitative estimate of drug-likeness (QED) is 0.410. The van der Waals surface area contributed by atoms with Crippen LogP contribution in [0.3, 0.4) is 0 Å². The van der Waals surface area contributed by atoms with E-state index in [0.29, 0.717) is 22.4 Å². The number of aromatic nitrogens is 3. The smallest absolute Gasteiger partial charge is 0.277 e. The largest absolute Gasteiger partial charge is 0.497 e. The fourth-order valence-corrected chi connectivity index (χ4v) is 3.95. The summed E-state index contributed by atoms with van der Waals surface area (Å²) in [5.74, 6) is 1.49. The minimum atomic E-state index is -0.303. The van der Waals surface area contributed by atoms with E-state index in [-0.39, 0.29) is 5.82 Å². The van der Waals surface area contributed by atoms with Crippen LogP contribution in [0.5, 0.6) is 5.75 Å². The highest BCUT2D eigenvalue weighted by Gasteiger charge is 2.11. The lowest BCUT2D eigenvalue weighted by atomic mass is 10.2. The summed E-state index contributed by atoms with van der Waals surface area (Å²) in [6, 6.07) is 13.8. The van der Waals surface area contributed by atoms with Crippen LogP contribution >= 0.6 is 23.1 Å². The van der Waals surface area contributed by atoms with Crippen LogP contribution in [-0.4, -0.2) is 22.3 Å². The molecule has 0 aliphatic heterocycles. The number of halogens is 1. The van der Waals surface area contributed by atoms with Crippen LogP contribution in [0.15, 0.2) is 63.6 Å². The zero-order valence-corrected chi connectivity index (χ0v) is 15.9. The highest BCUT2D eigenvalue weighted by molar-refractivity contribution is 7.98. The standard InChI is InChI=1S/C19H14FN3O2S2/c1-24-16-4-2-3-13(9-16)18-21-15(10-26-18)11-27-19-23-22-17(25-19)12-5-7-14(20)8-6-12/h2-10H,11H2,1H3. The molecule has 27 heavy (non-hydrogen) atoms. The van der Waals surface area contributed by atoms with Crippen molar-refractivity contribution >= 4 is 23.1 Å². The van der Waals surface area contributed by atoms with E-state index in [1.807, 2.05) is 29.6 Å². The number of benzene rings is 2. The van der Waals surface area contributed by atoms with Gasteiger partial charge in [0.05, 0.1) is 12.8 Å². The molecule has 0 amide bonds. The summed E-state index contributed by atoms with van der Waals surface area (Å²) in [6.07, 6.45) is 0. The van der Waals surface area contributed by atoms with Crippen molar-refractivity contribution in [1.29, 1.82) is 0 Å². The molecule has 0 bridgehead atoms. The number of hydrogen-bond donors (Lipinski definition) is 0. The number of ether oxygens (including phenoxy) is 1. The molecule has 0 saturated carbocycles. The molecule has 0 radical (unpaired) electrons. The molecule has 0 aliphatic rings. The molecular weight excluding hydrogens is 385 g/mol. The SMILES string of the molecule is COc1cccc(-c2nc(CSc3nnc(-c4ccc(F)cc4)o3)cs2)c1. The molecule has 0 N–H and O–H groups in total. The van der Waals surface area contributed by atoms with Gasteiger partial charge in [-0.3, -0.25) is 0 Å². The van der Waals surface area contributed by atoms with E-state index in [0.717, 1.165) is 22.0 Å². The fraction of sp³-hybridized carbons (Fsp3) is 0.105. The summed E-state index contributed by atoms with van der Waals surface area (Å²) < 4.78 is 23.9. The maximum atomic E-state index is 13.0. The number of thioether (sulfide) groups is 1. The third-order valence-corrected chi connectivity index (χ3v) is 5.50. The Kier molecular flexibility index (Phi) is 5.17. The monoisotopic (exact) mass is 399 g/mol. The molecule has 0 saturated heterocycles. The number of hydrogen-bond acceptors (Lipinski definition) is 7. The van der Waals surface area contributed by atoms with Crippen LogP contribution in [0.25, 0.3) is 22.0 Å². The minimum absolute atomic E-state index is 0.303. The topological polar surface area (TPSA) is 61.0 Å². The Bertz CT molecular complexity index is 1050. The average molecular weight is 399 g/mol. The van der Waals surface area contributed by atoms with Gasteiger partial charge in [-0.15, -0.1) is 21.5 Å². The maximum absolute atomic E-state index is 13.0. The molecule has 0 spiro atoms. The van der Waals surface area contributed by atoms with Gasteiger partial charge in [-0.2, -0.15) is 0 Å². The van der Waals surface area contributed by atoms with Crippen molar-refractivity contribution in [2.45, 2.75) is 11.0 Å². The Balaban J connectivity index is 1.42. The molecule has 2 aromatic carbocycles. The second-order valence-corrected chi connectivity index (χ2v) is 7.33. The molecule has 0 atom stereocenters. The van der Waals surface area contributed by atoms with E-state index < -0.39 is 0 Å². The zero-order valence-electron chi connectivity index (χ0n) is 14.3. The van der Waals surface area contributed by atoms with E-state index in [1.165, 1.54) is 23.9 Å². The molecule has 4 aromatic rings. The first-order valence-electron chi connectivity index (χ1n) is 8.02. The molecule has 0 unspecified atom stereocenters. The number of thiazole rings is 1. The van der Waals surface area contributed by atoms with Crippen molar-refractivity contribution in [2.75, 3.05) is 7.11 Å². The normalized spacial score (nSPS) is 10.9. The lowest BCUT2D eigenvalue weighted by Crippen LogP contribution is -1.85. The van der Waals surface area contributed by atoms with Crippen molar-refractivity contribution in [3.63, 3.8) is 0 Å². The molecule has 2 aromatic heterocycles. The van der Waals surface area contributed by atoms with Crippen LogP contribution in [-0.2, 0) is 5.75 Å². The van der Waals surface area contributed by atoms with Gasteiger partial charge >= 0.3 is 0 Å². The lowest BCUT2D eigenvalue weighted by molar-refractivity contribution is 0.415. The molecular formula is C19H14FN3O2S2. The zero-order chi connectivity index (χ0) is 18.6. The summed E-state index contributed by atoms with van der Waals surface area (Å²) in [7, 11) is 1.65. The minimum Gasteiger partial charge on any atom is -0.497 e. The van der Waals surface area contributed by atoms with Gasteiger partial charge in [0.25, 0.3) is 5.22 Å². The van der Waals surface area contributed by atoms with Crippen LogP contribution in [0, 0.1) is 5.82 Å². The van der Waals surface area contributed by atoms with Crippen LogP contribution in [0.4, 0.5) is 4.39 Å². The van der Waals surface area contributed by atoms with Crippen LogP contribution < -0.4 is 4.74 Å². The lowest BCUT2D eigenvalue weighted by Gasteiger charge is -2.01. The Hall–Kier alpha value is -2.71. The summed E-state index contributed by atoms with van der Waals surface area (Å²) in [5, 5.41) is 11.4. The fourth-order valence-electron chi connectivity index (χ4n) is 2.37. The number of rotatable bonds is 6. The van der Waals surface area contributed by atoms with Gasteiger partial charge in [0.1, 0.15) is 16.6 Å². The summed E-state index contributed by atoms with van der Waals surface area (Å²) in [4.78, 5) is 4.66. The van der Waals surface area contributed by atoms with Gasteiger partial charge in [0.2, 0.25) is 5.89 Å². The van der Waals surface area contributed by atoms with E-state index in [2.05, 4.69) is 15.2 Å². The van der Waals surface area contributed by atoms with Crippen LogP contribution in [0.2, 0.25) is 0 Å². The van der Waals surface area contributed by atoms with E-state index in [9.17, 15) is 4.39 Å². The Morgan fingerprint density at radius 1 is 1.11 bits per heavy atom. The first-order chi connectivity index (χ1) is 13.2. The predicted molar refractivity (Wildman–Crippen MR) is 103 cm³/mol. The third-order valence-electron chi connectivity index (χ3n) is 3.71. The van der Waals surface area contributed by atoms with E-state index in [4.69, 9.17) is 9.15 Å². The third kappa shape index (κ3) is 4.17. The molecule has 0 fully saturated rings. The van der Waals surface area contributed by atoms with Gasteiger partial charge in [-0.25, -0.2) is 9.37 Å². The second-order valence-electron chi connectivity index (χ2n) is 5.54. The van der Waals surface area contributed by atoms with Gasteiger partial charge in [0.15, 0.2) is 0 Å². The Labute approximate surface area is 163 Å². The predicted octanol–water partition coefficient (Wildman–Crippen LogP) is 5.30. The first-order valence-corrected chi connectivity index (χ1v) is 9.89. The highest BCUT2D eigenvalue weighted by atomic mass is 32.2. The summed E-state index contributed by atoms with van der Waals surface area (Å²) in [6.45, 7) is 0. The molecule has 5 nitrogen and oxygen atoms in total. The number of methoxy groups -OCH3 is 1. The molecule has 2 heterocycles. The van der Waals surface area contributed by atoms with E-state index >= 15 is 0 Å². The van der Waals surface area contributed by atoms with Crippen molar-refractivity contribution in [2.24, 2.45) is 0 Å². The van der Waals surface area contributed by atoms with Crippen molar-refractivity contribution in [3.05, 3.63) is 65.4 Å². The van der Waals surface area contributed by atoms with Gasteiger partial charge in [0, 0.05) is 22.3 Å². The van der Waals surface area contributed by atoms with Gasteiger partial charge in [-0.1, -0.05) is 23.9 Å². The second kappa shape index (κ2) is 7.89. The summed E-state index contributed by atoms with van der Waals surface area (Å²) in [5.41, 5.74) is 2.64. The molecule has 8 heteroatoms. The van der Waals surface area contributed by atoms with Gasteiger partial charge in [-0.05, 0) is 36.4 Å². The Morgan fingerprint density at radius 3 is 2.78 bits per heavy atom. The van der Waals surface area contributed by atoms with Crippen LogP contribution in [0.1, 0.15) is 5.69 Å². The van der Waals surface area contributed by atoms with Crippen molar-refractivity contribution < 1.29 is 13.5 Å². The Morgan fingerprint density at radius 2 is 1.96 bits per heavy atom. The van der Waals surface area contributed by atoms with Crippen molar-refractivity contribution in [1.82, 2.24) is 15.2 Å². The van der Waals surface area contributed by atoms with Crippen molar-refractivity contribution in [3.8, 4) is 27.8 Å².